The molecule has 2 heterocycles. The monoisotopic (exact) mass is 276 g/mol. The lowest BCUT2D eigenvalue weighted by Crippen LogP contribution is -2.51. The summed E-state index contributed by atoms with van der Waals surface area (Å²) in [5.41, 5.74) is 1.05. The fourth-order valence-corrected chi connectivity index (χ4v) is 2.22. The molecular formula is C14H20N4O2. The van der Waals surface area contributed by atoms with E-state index in [-0.39, 0.29) is 11.8 Å². The third kappa shape index (κ3) is 4.31. The van der Waals surface area contributed by atoms with E-state index < -0.39 is 0 Å². The van der Waals surface area contributed by atoms with Crippen LogP contribution >= 0.6 is 0 Å². The number of nitrogens with zero attached hydrogens (tertiary/aromatic N) is 3. The van der Waals surface area contributed by atoms with Crippen molar-refractivity contribution in [2.75, 3.05) is 32.7 Å². The first-order valence-electron chi connectivity index (χ1n) is 6.78. The van der Waals surface area contributed by atoms with E-state index in [1.807, 2.05) is 17.0 Å². The summed E-state index contributed by atoms with van der Waals surface area (Å²) in [6, 6.07) is 3.85. The number of piperazine rings is 1. The highest BCUT2D eigenvalue weighted by Gasteiger charge is 2.23. The third-order valence-corrected chi connectivity index (χ3v) is 3.30. The van der Waals surface area contributed by atoms with E-state index in [2.05, 4.69) is 15.2 Å². The van der Waals surface area contributed by atoms with Crippen LogP contribution in [0.2, 0.25) is 0 Å². The van der Waals surface area contributed by atoms with Crippen LogP contribution in [0.15, 0.2) is 24.5 Å². The Bertz CT molecular complexity index is 464. The molecule has 2 rings (SSSR count). The molecule has 0 unspecified atom stereocenters. The second kappa shape index (κ2) is 7.00. The van der Waals surface area contributed by atoms with Crippen LogP contribution in [0.4, 0.5) is 0 Å². The topological polar surface area (TPSA) is 65.5 Å². The van der Waals surface area contributed by atoms with E-state index in [0.717, 1.165) is 12.1 Å². The Kier molecular flexibility index (Phi) is 5.06. The molecule has 108 valence electrons. The Morgan fingerprint density at radius 2 is 2.30 bits per heavy atom. The smallest absolute Gasteiger partial charge is 0.237 e. The van der Waals surface area contributed by atoms with Gasteiger partial charge in [-0.1, -0.05) is 6.07 Å². The number of nitrogens with one attached hydrogen (secondary N) is 1. The van der Waals surface area contributed by atoms with Crippen molar-refractivity contribution in [2.24, 2.45) is 0 Å². The van der Waals surface area contributed by atoms with Crippen molar-refractivity contribution in [1.82, 2.24) is 20.1 Å². The Morgan fingerprint density at radius 1 is 1.45 bits per heavy atom. The lowest BCUT2D eigenvalue weighted by molar-refractivity contribution is -0.136. The molecule has 1 aromatic rings. The molecule has 0 aliphatic carbocycles. The standard InChI is InChI=1S/C14H20N4O2/c1-12(19)16-5-6-17-7-8-18(14(20)11-17)10-13-3-2-4-15-9-13/h2-4,9H,5-8,10-11H2,1H3,(H,16,19). The minimum Gasteiger partial charge on any atom is -0.355 e. The summed E-state index contributed by atoms with van der Waals surface area (Å²) in [5, 5.41) is 2.74. The number of aromatic nitrogens is 1. The lowest BCUT2D eigenvalue weighted by Gasteiger charge is -2.34. The molecule has 1 fully saturated rings. The predicted octanol–water partition coefficient (Wildman–Crippen LogP) is -0.138. The zero-order valence-corrected chi connectivity index (χ0v) is 11.7. The van der Waals surface area contributed by atoms with Crippen molar-refractivity contribution in [1.29, 1.82) is 0 Å². The minimum absolute atomic E-state index is 0.0356. The van der Waals surface area contributed by atoms with E-state index in [4.69, 9.17) is 0 Å². The van der Waals surface area contributed by atoms with Crippen LogP contribution in [0.1, 0.15) is 12.5 Å². The average molecular weight is 276 g/mol. The highest BCUT2D eigenvalue weighted by atomic mass is 16.2. The quantitative estimate of drug-likeness (QED) is 0.813. The van der Waals surface area contributed by atoms with Gasteiger partial charge in [-0.25, -0.2) is 0 Å². The number of rotatable bonds is 5. The van der Waals surface area contributed by atoms with Crippen molar-refractivity contribution < 1.29 is 9.59 Å². The summed E-state index contributed by atoms with van der Waals surface area (Å²) >= 11 is 0. The van der Waals surface area contributed by atoms with Crippen molar-refractivity contribution >= 4 is 11.8 Å². The molecule has 1 saturated heterocycles. The molecule has 0 atom stereocenters. The molecule has 1 aliphatic heterocycles. The maximum absolute atomic E-state index is 12.1. The summed E-state index contributed by atoms with van der Waals surface area (Å²) in [4.78, 5) is 30.9. The first kappa shape index (κ1) is 14.5. The predicted molar refractivity (Wildman–Crippen MR) is 74.8 cm³/mol. The van der Waals surface area contributed by atoms with Gasteiger partial charge in [-0.3, -0.25) is 19.5 Å². The zero-order chi connectivity index (χ0) is 14.4. The second-order valence-corrected chi connectivity index (χ2v) is 4.94. The first-order valence-corrected chi connectivity index (χ1v) is 6.78. The summed E-state index contributed by atoms with van der Waals surface area (Å²) in [5.74, 6) is 0.0921. The fraction of sp³-hybridized carbons (Fsp3) is 0.500. The maximum Gasteiger partial charge on any atom is 0.237 e. The van der Waals surface area contributed by atoms with Crippen LogP contribution in [-0.2, 0) is 16.1 Å². The van der Waals surface area contributed by atoms with Crippen LogP contribution < -0.4 is 5.32 Å². The van der Waals surface area contributed by atoms with Gasteiger partial charge in [0.1, 0.15) is 0 Å². The number of pyridine rings is 1. The highest BCUT2D eigenvalue weighted by Crippen LogP contribution is 2.08. The Labute approximate surface area is 118 Å². The largest absolute Gasteiger partial charge is 0.355 e. The van der Waals surface area contributed by atoms with E-state index in [9.17, 15) is 9.59 Å². The van der Waals surface area contributed by atoms with Gasteiger partial charge in [0.05, 0.1) is 6.54 Å². The van der Waals surface area contributed by atoms with Gasteiger partial charge in [-0.15, -0.1) is 0 Å². The molecule has 0 aromatic carbocycles. The van der Waals surface area contributed by atoms with Crippen molar-refractivity contribution in [3.63, 3.8) is 0 Å². The van der Waals surface area contributed by atoms with E-state index in [0.29, 0.717) is 32.7 Å². The van der Waals surface area contributed by atoms with Gasteiger partial charge in [0.25, 0.3) is 0 Å². The minimum atomic E-state index is -0.0356. The Morgan fingerprint density at radius 3 is 2.95 bits per heavy atom. The number of carbonyl (C=O) groups is 2. The second-order valence-electron chi connectivity index (χ2n) is 4.94. The van der Waals surface area contributed by atoms with Crippen LogP contribution in [0, 0.1) is 0 Å². The summed E-state index contributed by atoms with van der Waals surface area (Å²) < 4.78 is 0. The van der Waals surface area contributed by atoms with Gasteiger partial charge >= 0.3 is 0 Å². The summed E-state index contributed by atoms with van der Waals surface area (Å²) in [6.07, 6.45) is 3.52. The molecule has 1 aromatic heterocycles. The van der Waals surface area contributed by atoms with E-state index in [1.165, 1.54) is 6.92 Å². The van der Waals surface area contributed by atoms with Crippen LogP contribution in [0.3, 0.4) is 0 Å². The first-order chi connectivity index (χ1) is 9.65. The molecule has 0 bridgehead atoms. The molecule has 1 N–H and O–H groups in total. The van der Waals surface area contributed by atoms with Crippen LogP contribution in [-0.4, -0.2) is 59.3 Å². The normalized spacial score (nSPS) is 16.2. The molecule has 6 nitrogen and oxygen atoms in total. The molecule has 2 amide bonds. The Hall–Kier alpha value is -1.95. The van der Waals surface area contributed by atoms with E-state index in [1.54, 1.807) is 12.4 Å². The lowest BCUT2D eigenvalue weighted by atomic mass is 10.2. The van der Waals surface area contributed by atoms with Gasteiger partial charge in [0.15, 0.2) is 0 Å². The Balaban J connectivity index is 1.77. The van der Waals surface area contributed by atoms with Crippen molar-refractivity contribution in [2.45, 2.75) is 13.5 Å². The highest BCUT2D eigenvalue weighted by molar-refractivity contribution is 5.79. The average Bonchev–Trinajstić information content (AvgIpc) is 2.42. The van der Waals surface area contributed by atoms with Crippen LogP contribution in [0.5, 0.6) is 0 Å². The van der Waals surface area contributed by atoms with Gasteiger partial charge in [0, 0.05) is 52.0 Å². The number of hydrogen-bond acceptors (Lipinski definition) is 4. The third-order valence-electron chi connectivity index (χ3n) is 3.30. The van der Waals surface area contributed by atoms with Crippen molar-refractivity contribution in [3.8, 4) is 0 Å². The maximum atomic E-state index is 12.1. The SMILES string of the molecule is CC(=O)NCCN1CCN(Cc2cccnc2)C(=O)C1. The summed E-state index contributed by atoms with van der Waals surface area (Å²) in [6.45, 7) is 5.39. The molecule has 0 saturated carbocycles. The van der Waals surface area contributed by atoms with Crippen LogP contribution in [0.25, 0.3) is 0 Å². The van der Waals surface area contributed by atoms with Gasteiger partial charge in [-0.2, -0.15) is 0 Å². The van der Waals surface area contributed by atoms with Crippen molar-refractivity contribution in [3.05, 3.63) is 30.1 Å². The molecule has 0 radical (unpaired) electrons. The molecule has 1 aliphatic rings. The molecule has 20 heavy (non-hydrogen) atoms. The number of amides is 2. The zero-order valence-electron chi connectivity index (χ0n) is 11.7. The van der Waals surface area contributed by atoms with E-state index >= 15 is 0 Å². The molecular weight excluding hydrogens is 256 g/mol. The summed E-state index contributed by atoms with van der Waals surface area (Å²) in [7, 11) is 0. The van der Waals surface area contributed by atoms with Gasteiger partial charge in [0.2, 0.25) is 11.8 Å². The van der Waals surface area contributed by atoms with Gasteiger partial charge in [-0.05, 0) is 11.6 Å². The number of carbonyl (C=O) groups excluding carboxylic acids is 2. The number of hydrogen-bond donors (Lipinski definition) is 1. The van der Waals surface area contributed by atoms with Gasteiger partial charge < -0.3 is 10.2 Å². The molecule has 6 heteroatoms. The molecule has 0 spiro atoms. The fourth-order valence-electron chi connectivity index (χ4n) is 2.22.